The Morgan fingerprint density at radius 3 is 2.62 bits per heavy atom. The van der Waals surface area contributed by atoms with Crippen molar-refractivity contribution in [1.29, 1.82) is 0 Å². The van der Waals surface area contributed by atoms with E-state index in [-0.39, 0.29) is 12.5 Å². The largest absolute Gasteiger partial charge is 0.465 e. The molecule has 1 aromatic rings. The van der Waals surface area contributed by atoms with E-state index in [2.05, 4.69) is 10.1 Å². The lowest BCUT2D eigenvalue weighted by Gasteiger charge is -2.20. The summed E-state index contributed by atoms with van der Waals surface area (Å²) in [5.74, 6) is -0.156. The average molecular weight is 293 g/mol. The molecule has 1 rings (SSSR count). The van der Waals surface area contributed by atoms with E-state index >= 15 is 0 Å². The van der Waals surface area contributed by atoms with Gasteiger partial charge in [-0.25, -0.2) is 4.79 Å². The zero-order valence-electron chi connectivity index (χ0n) is 13.0. The standard InChI is InChI=1S/C15H23N3O3/c1-10(2)8-17-14(19)9-18(3)11-5-6-13(16)12(7-11)15(20)21-4/h5-7,10H,8-9,16H2,1-4H3,(H,17,19). The SMILES string of the molecule is COC(=O)c1cc(N(C)CC(=O)NCC(C)C)ccc1N. The minimum Gasteiger partial charge on any atom is -0.465 e. The van der Waals surface area contributed by atoms with Crippen LogP contribution < -0.4 is 16.0 Å². The molecule has 0 radical (unpaired) electrons. The van der Waals surface area contributed by atoms with Gasteiger partial charge < -0.3 is 20.7 Å². The molecule has 3 N–H and O–H groups in total. The number of rotatable bonds is 6. The third kappa shape index (κ3) is 4.98. The Labute approximate surface area is 125 Å². The van der Waals surface area contributed by atoms with Gasteiger partial charge in [-0.3, -0.25) is 4.79 Å². The lowest BCUT2D eigenvalue weighted by atomic mass is 10.1. The van der Waals surface area contributed by atoms with Gasteiger partial charge in [0, 0.05) is 25.0 Å². The van der Waals surface area contributed by atoms with Crippen LogP contribution in [-0.2, 0) is 9.53 Å². The summed E-state index contributed by atoms with van der Waals surface area (Å²) in [5.41, 5.74) is 7.12. The van der Waals surface area contributed by atoms with Crippen molar-refractivity contribution in [2.24, 2.45) is 5.92 Å². The first-order chi connectivity index (χ1) is 9.85. The van der Waals surface area contributed by atoms with Crippen LogP contribution in [0.4, 0.5) is 11.4 Å². The molecule has 0 unspecified atom stereocenters. The molecule has 0 heterocycles. The third-order valence-electron chi connectivity index (χ3n) is 2.97. The molecule has 0 spiro atoms. The number of nitrogens with one attached hydrogen (secondary N) is 1. The lowest BCUT2D eigenvalue weighted by Crippen LogP contribution is -2.36. The van der Waals surface area contributed by atoms with Crippen molar-refractivity contribution in [3.63, 3.8) is 0 Å². The number of hydrogen-bond acceptors (Lipinski definition) is 5. The Morgan fingerprint density at radius 2 is 2.05 bits per heavy atom. The molecule has 0 saturated heterocycles. The summed E-state index contributed by atoms with van der Waals surface area (Å²) in [5, 5.41) is 2.85. The maximum Gasteiger partial charge on any atom is 0.340 e. The zero-order chi connectivity index (χ0) is 16.0. The second-order valence-electron chi connectivity index (χ2n) is 5.32. The maximum absolute atomic E-state index is 11.8. The van der Waals surface area contributed by atoms with Crippen molar-refractivity contribution in [2.75, 3.05) is 37.9 Å². The van der Waals surface area contributed by atoms with Crippen LogP contribution in [0.2, 0.25) is 0 Å². The molecule has 0 bridgehead atoms. The van der Waals surface area contributed by atoms with Gasteiger partial charge in [-0.2, -0.15) is 0 Å². The molecule has 0 fully saturated rings. The summed E-state index contributed by atoms with van der Waals surface area (Å²) < 4.78 is 4.68. The van der Waals surface area contributed by atoms with Gasteiger partial charge in [0.2, 0.25) is 5.91 Å². The van der Waals surface area contributed by atoms with Crippen molar-refractivity contribution < 1.29 is 14.3 Å². The number of nitrogen functional groups attached to an aromatic ring is 1. The minimum atomic E-state index is -0.494. The van der Waals surface area contributed by atoms with Crippen LogP contribution in [0.5, 0.6) is 0 Å². The number of hydrogen-bond donors (Lipinski definition) is 2. The highest BCUT2D eigenvalue weighted by Crippen LogP contribution is 2.21. The first-order valence-electron chi connectivity index (χ1n) is 6.80. The fourth-order valence-corrected chi connectivity index (χ4v) is 1.75. The smallest absolute Gasteiger partial charge is 0.340 e. The highest BCUT2D eigenvalue weighted by Gasteiger charge is 2.14. The van der Waals surface area contributed by atoms with Crippen LogP contribution in [0.3, 0.4) is 0 Å². The van der Waals surface area contributed by atoms with E-state index in [4.69, 9.17) is 5.73 Å². The lowest BCUT2D eigenvalue weighted by molar-refractivity contribution is -0.119. The molecule has 1 amide bonds. The van der Waals surface area contributed by atoms with E-state index < -0.39 is 5.97 Å². The topological polar surface area (TPSA) is 84.7 Å². The summed E-state index contributed by atoms with van der Waals surface area (Å²) in [4.78, 5) is 25.2. The molecule has 0 atom stereocenters. The Balaban J connectivity index is 2.76. The fourth-order valence-electron chi connectivity index (χ4n) is 1.75. The quantitative estimate of drug-likeness (QED) is 0.609. The van der Waals surface area contributed by atoms with Crippen molar-refractivity contribution in [1.82, 2.24) is 5.32 Å². The number of esters is 1. The number of carbonyl (C=O) groups is 2. The fraction of sp³-hybridized carbons (Fsp3) is 0.467. The van der Waals surface area contributed by atoms with E-state index in [1.807, 2.05) is 13.8 Å². The van der Waals surface area contributed by atoms with Gasteiger partial charge in [-0.15, -0.1) is 0 Å². The second-order valence-corrected chi connectivity index (χ2v) is 5.32. The maximum atomic E-state index is 11.8. The summed E-state index contributed by atoms with van der Waals surface area (Å²) >= 11 is 0. The molecule has 21 heavy (non-hydrogen) atoms. The van der Waals surface area contributed by atoms with Crippen LogP contribution in [0.15, 0.2) is 18.2 Å². The predicted octanol–water partition coefficient (Wildman–Crippen LogP) is 1.26. The summed E-state index contributed by atoms with van der Waals surface area (Å²) in [6, 6.07) is 5.01. The number of nitrogens with two attached hydrogens (primary N) is 1. The van der Waals surface area contributed by atoms with Crippen molar-refractivity contribution in [3.8, 4) is 0 Å². The monoisotopic (exact) mass is 293 g/mol. The van der Waals surface area contributed by atoms with E-state index in [9.17, 15) is 9.59 Å². The Kier molecular flexibility index (Phi) is 6.02. The zero-order valence-corrected chi connectivity index (χ0v) is 13.0. The van der Waals surface area contributed by atoms with E-state index in [0.29, 0.717) is 23.7 Å². The van der Waals surface area contributed by atoms with Gasteiger partial charge in [0.15, 0.2) is 0 Å². The molecule has 6 heteroatoms. The highest BCUT2D eigenvalue weighted by molar-refractivity contribution is 5.96. The van der Waals surface area contributed by atoms with Gasteiger partial charge >= 0.3 is 5.97 Å². The van der Waals surface area contributed by atoms with Crippen molar-refractivity contribution >= 4 is 23.3 Å². The van der Waals surface area contributed by atoms with E-state index in [1.165, 1.54) is 7.11 Å². The summed E-state index contributed by atoms with van der Waals surface area (Å²) in [6.07, 6.45) is 0. The van der Waals surface area contributed by atoms with Gasteiger partial charge in [0.1, 0.15) is 0 Å². The molecule has 6 nitrogen and oxygen atoms in total. The molecule has 0 saturated carbocycles. The van der Waals surface area contributed by atoms with E-state index in [0.717, 1.165) is 5.69 Å². The molecule has 0 aromatic heterocycles. The van der Waals surface area contributed by atoms with Crippen molar-refractivity contribution in [2.45, 2.75) is 13.8 Å². The molecule has 0 aliphatic heterocycles. The van der Waals surface area contributed by atoms with Crippen LogP contribution in [0.25, 0.3) is 0 Å². The number of methoxy groups -OCH3 is 1. The number of carbonyl (C=O) groups excluding carboxylic acids is 2. The highest BCUT2D eigenvalue weighted by atomic mass is 16.5. The Hall–Kier alpha value is -2.24. The summed E-state index contributed by atoms with van der Waals surface area (Å²) in [7, 11) is 3.08. The number of likely N-dealkylation sites (N-methyl/N-ethyl adjacent to an activating group) is 1. The normalized spacial score (nSPS) is 10.3. The number of nitrogens with zero attached hydrogens (tertiary/aromatic N) is 1. The first-order valence-corrected chi connectivity index (χ1v) is 6.80. The van der Waals surface area contributed by atoms with Gasteiger partial charge in [-0.1, -0.05) is 13.8 Å². The number of anilines is 2. The molecule has 0 aliphatic rings. The average Bonchev–Trinajstić information content (AvgIpc) is 2.44. The van der Waals surface area contributed by atoms with Crippen LogP contribution in [0.1, 0.15) is 24.2 Å². The van der Waals surface area contributed by atoms with Crippen LogP contribution >= 0.6 is 0 Å². The third-order valence-corrected chi connectivity index (χ3v) is 2.97. The number of ether oxygens (including phenoxy) is 1. The van der Waals surface area contributed by atoms with E-state index in [1.54, 1.807) is 30.1 Å². The van der Waals surface area contributed by atoms with Crippen molar-refractivity contribution in [3.05, 3.63) is 23.8 Å². The Morgan fingerprint density at radius 1 is 1.38 bits per heavy atom. The molecular weight excluding hydrogens is 270 g/mol. The second kappa shape index (κ2) is 7.52. The van der Waals surface area contributed by atoms with Crippen LogP contribution in [-0.4, -0.2) is 39.1 Å². The molecule has 0 aliphatic carbocycles. The van der Waals surface area contributed by atoms with Gasteiger partial charge in [-0.05, 0) is 24.1 Å². The minimum absolute atomic E-state index is 0.0670. The molecular formula is C15H23N3O3. The summed E-state index contributed by atoms with van der Waals surface area (Å²) in [6.45, 7) is 4.91. The Bertz CT molecular complexity index is 515. The number of benzene rings is 1. The molecule has 116 valence electrons. The van der Waals surface area contributed by atoms with Crippen LogP contribution in [0, 0.1) is 5.92 Å². The first kappa shape index (κ1) is 16.8. The molecule has 1 aromatic carbocycles. The van der Waals surface area contributed by atoms with Gasteiger partial charge in [0.05, 0.1) is 19.2 Å². The van der Waals surface area contributed by atoms with Gasteiger partial charge in [0.25, 0.3) is 0 Å². The predicted molar refractivity (Wildman–Crippen MR) is 83.3 cm³/mol. The number of amides is 1.